The molecule has 1 aromatic carbocycles. The second kappa shape index (κ2) is 5.33. The van der Waals surface area contributed by atoms with Gasteiger partial charge in [-0.15, -0.1) is 0 Å². The summed E-state index contributed by atoms with van der Waals surface area (Å²) in [6, 6.07) is 6.10. The molecule has 0 aliphatic carbocycles. The van der Waals surface area contributed by atoms with Gasteiger partial charge in [0, 0.05) is 18.6 Å². The van der Waals surface area contributed by atoms with Crippen LogP contribution in [0, 0.1) is 0 Å². The van der Waals surface area contributed by atoms with Gasteiger partial charge in [-0.3, -0.25) is 14.5 Å². The Morgan fingerprint density at radius 2 is 2.19 bits per heavy atom. The van der Waals surface area contributed by atoms with Gasteiger partial charge >= 0.3 is 0 Å². The highest BCUT2D eigenvalue weighted by molar-refractivity contribution is 7.86. The lowest BCUT2D eigenvalue weighted by molar-refractivity contribution is 0.686. The van der Waals surface area contributed by atoms with E-state index in [2.05, 4.69) is 39.9 Å². The highest BCUT2D eigenvalue weighted by Gasteiger charge is 2.16. The largest absolute Gasteiger partial charge is 0.284 e. The van der Waals surface area contributed by atoms with Gasteiger partial charge < -0.3 is 0 Å². The Bertz CT molecular complexity index is 791. The molecule has 3 rings (SSSR count). The van der Waals surface area contributed by atoms with Gasteiger partial charge in [0.15, 0.2) is 16.8 Å². The first-order valence-corrected chi connectivity index (χ1v) is 7.85. The van der Waals surface area contributed by atoms with Crippen LogP contribution in [0.3, 0.4) is 0 Å². The first-order chi connectivity index (χ1) is 10.1. The number of aromatic amines is 1. The molecule has 6 nitrogen and oxygen atoms in total. The molecule has 7 heteroatoms. The first kappa shape index (κ1) is 13.8. The number of H-pyrrole nitrogens is 1. The smallest absolute Gasteiger partial charge is 0.167 e. The molecule has 0 saturated carbocycles. The molecule has 0 aliphatic rings. The molecule has 0 saturated heterocycles. The number of nitrogens with one attached hydrogen (secondary N) is 2. The van der Waals surface area contributed by atoms with Gasteiger partial charge in [0.2, 0.25) is 0 Å². The van der Waals surface area contributed by atoms with E-state index in [1.807, 2.05) is 23.9 Å². The minimum absolute atomic E-state index is 0.399. The summed E-state index contributed by atoms with van der Waals surface area (Å²) >= 11 is 0. The fraction of sp³-hybridized carbons (Fsp3) is 0.286. The topological polar surface area (TPSA) is 75.6 Å². The molecule has 2 aromatic heterocycles. The number of aromatic nitrogens is 4. The Hall–Kier alpha value is -2.15. The fourth-order valence-corrected chi connectivity index (χ4v) is 3.15. The van der Waals surface area contributed by atoms with Gasteiger partial charge in [0.05, 0.1) is 16.6 Å². The molecule has 0 amide bonds. The van der Waals surface area contributed by atoms with Gasteiger partial charge in [-0.25, -0.2) is 4.21 Å². The summed E-state index contributed by atoms with van der Waals surface area (Å²) in [6.45, 7) is 4.30. The molecule has 0 fully saturated rings. The summed E-state index contributed by atoms with van der Waals surface area (Å²) < 4.78 is 17.0. The van der Waals surface area contributed by atoms with E-state index in [0.717, 1.165) is 10.9 Å². The summed E-state index contributed by atoms with van der Waals surface area (Å²) in [5.74, 6) is 1.02. The second-order valence-electron chi connectivity index (χ2n) is 5.18. The molecule has 0 aliphatic heterocycles. The van der Waals surface area contributed by atoms with E-state index < -0.39 is 11.0 Å². The van der Waals surface area contributed by atoms with Crippen molar-refractivity contribution in [3.63, 3.8) is 0 Å². The van der Waals surface area contributed by atoms with Crippen LogP contribution in [0.2, 0.25) is 0 Å². The van der Waals surface area contributed by atoms with E-state index in [0.29, 0.717) is 16.6 Å². The van der Waals surface area contributed by atoms with Crippen molar-refractivity contribution in [2.75, 3.05) is 4.72 Å². The fourth-order valence-electron chi connectivity index (χ4n) is 2.40. The van der Waals surface area contributed by atoms with E-state index in [1.54, 1.807) is 6.20 Å². The van der Waals surface area contributed by atoms with Crippen LogP contribution in [0.4, 0.5) is 5.82 Å². The SMILES string of the molecule is CC(C)c1cccc2c(NS(=O)c3cn[nH]c3)nn(C)c12. The third kappa shape index (κ3) is 2.44. The summed E-state index contributed by atoms with van der Waals surface area (Å²) in [4.78, 5) is 0.591. The zero-order valence-electron chi connectivity index (χ0n) is 12.1. The maximum atomic E-state index is 12.2. The zero-order chi connectivity index (χ0) is 15.0. The van der Waals surface area contributed by atoms with Crippen LogP contribution in [0.1, 0.15) is 25.3 Å². The average Bonchev–Trinajstić information content (AvgIpc) is 3.08. The first-order valence-electron chi connectivity index (χ1n) is 6.70. The van der Waals surface area contributed by atoms with E-state index >= 15 is 0 Å². The normalized spacial score (nSPS) is 13.0. The van der Waals surface area contributed by atoms with Crippen LogP contribution < -0.4 is 4.72 Å². The summed E-state index contributed by atoms with van der Waals surface area (Å²) in [6.07, 6.45) is 3.14. The number of benzene rings is 1. The zero-order valence-corrected chi connectivity index (χ0v) is 12.9. The molecular formula is C14H17N5OS. The molecule has 2 N–H and O–H groups in total. The Morgan fingerprint density at radius 3 is 2.86 bits per heavy atom. The van der Waals surface area contributed by atoms with Crippen LogP contribution in [-0.2, 0) is 18.0 Å². The number of rotatable bonds is 4. The van der Waals surface area contributed by atoms with E-state index in [-0.39, 0.29) is 0 Å². The van der Waals surface area contributed by atoms with Gasteiger partial charge in [0.1, 0.15) is 0 Å². The number of hydrogen-bond donors (Lipinski definition) is 2. The number of hydrogen-bond acceptors (Lipinski definition) is 3. The number of anilines is 1. The van der Waals surface area contributed by atoms with Crippen LogP contribution in [-0.4, -0.2) is 24.2 Å². The molecule has 21 heavy (non-hydrogen) atoms. The third-order valence-electron chi connectivity index (χ3n) is 3.39. The van der Waals surface area contributed by atoms with E-state index in [4.69, 9.17) is 0 Å². The standard InChI is InChI=1S/C14H17N5OS/c1-9(2)11-5-4-6-12-13(11)19(3)17-14(12)18-21(20)10-7-15-16-8-10/h4-9H,1-3H3,(H,15,16)(H,17,18). The molecule has 1 unspecified atom stereocenters. The number of para-hydroxylation sites is 1. The number of fused-ring (bicyclic) bond motifs is 1. The maximum Gasteiger partial charge on any atom is 0.167 e. The Morgan fingerprint density at radius 1 is 1.38 bits per heavy atom. The Labute approximate surface area is 125 Å². The lowest BCUT2D eigenvalue weighted by atomic mass is 10.0. The van der Waals surface area contributed by atoms with Gasteiger partial charge in [-0.05, 0) is 17.5 Å². The Balaban J connectivity index is 2.04. The summed E-state index contributed by atoms with van der Waals surface area (Å²) in [5, 5.41) is 11.9. The summed E-state index contributed by atoms with van der Waals surface area (Å²) in [7, 11) is 0.520. The number of aryl methyl sites for hydroxylation is 1. The molecule has 0 bridgehead atoms. The van der Waals surface area contributed by atoms with Gasteiger partial charge in [0.25, 0.3) is 0 Å². The molecule has 2 heterocycles. The quantitative estimate of drug-likeness (QED) is 0.777. The van der Waals surface area contributed by atoms with Crippen molar-refractivity contribution in [3.05, 3.63) is 36.2 Å². The predicted molar refractivity (Wildman–Crippen MR) is 83.4 cm³/mol. The van der Waals surface area contributed by atoms with Crippen LogP contribution >= 0.6 is 0 Å². The third-order valence-corrected chi connectivity index (χ3v) is 4.42. The highest BCUT2D eigenvalue weighted by atomic mass is 32.2. The summed E-state index contributed by atoms with van der Waals surface area (Å²) in [5.41, 5.74) is 2.30. The van der Waals surface area contributed by atoms with Crippen LogP contribution in [0.15, 0.2) is 35.5 Å². The maximum absolute atomic E-state index is 12.2. The second-order valence-corrected chi connectivity index (χ2v) is 6.39. The van der Waals surface area contributed by atoms with Crippen molar-refractivity contribution in [2.24, 2.45) is 7.05 Å². The van der Waals surface area contributed by atoms with Gasteiger partial charge in [-0.2, -0.15) is 10.2 Å². The molecule has 1 atom stereocenters. The minimum atomic E-state index is -1.38. The van der Waals surface area contributed by atoms with Crippen LogP contribution in [0.5, 0.6) is 0 Å². The molecule has 0 spiro atoms. The van der Waals surface area contributed by atoms with Crippen LogP contribution in [0.25, 0.3) is 10.9 Å². The van der Waals surface area contributed by atoms with Gasteiger partial charge in [-0.1, -0.05) is 26.0 Å². The highest BCUT2D eigenvalue weighted by Crippen LogP contribution is 2.30. The number of nitrogens with zero attached hydrogens (tertiary/aromatic N) is 3. The predicted octanol–water partition coefficient (Wildman–Crippen LogP) is 2.55. The molecule has 110 valence electrons. The van der Waals surface area contributed by atoms with Crippen molar-refractivity contribution in [2.45, 2.75) is 24.7 Å². The van der Waals surface area contributed by atoms with Crippen molar-refractivity contribution in [3.8, 4) is 0 Å². The lowest BCUT2D eigenvalue weighted by Crippen LogP contribution is -2.05. The molecular weight excluding hydrogens is 286 g/mol. The van der Waals surface area contributed by atoms with Crippen molar-refractivity contribution in [1.29, 1.82) is 0 Å². The van der Waals surface area contributed by atoms with Crippen molar-refractivity contribution in [1.82, 2.24) is 20.0 Å². The van der Waals surface area contributed by atoms with Crippen molar-refractivity contribution >= 4 is 27.7 Å². The Kier molecular flexibility index (Phi) is 3.50. The molecule has 0 radical (unpaired) electrons. The van der Waals surface area contributed by atoms with Crippen molar-refractivity contribution < 1.29 is 4.21 Å². The molecule has 3 aromatic rings. The van der Waals surface area contributed by atoms with E-state index in [9.17, 15) is 4.21 Å². The monoisotopic (exact) mass is 303 g/mol. The minimum Gasteiger partial charge on any atom is -0.284 e. The van der Waals surface area contributed by atoms with E-state index in [1.165, 1.54) is 11.8 Å². The average molecular weight is 303 g/mol. The lowest BCUT2D eigenvalue weighted by Gasteiger charge is -2.08.